The van der Waals surface area contributed by atoms with Crippen LogP contribution in [0.2, 0.25) is 5.02 Å². The summed E-state index contributed by atoms with van der Waals surface area (Å²) < 4.78 is 5.70. The number of aromatic nitrogens is 3. The molecule has 1 aromatic carbocycles. The Labute approximate surface area is 127 Å². The summed E-state index contributed by atoms with van der Waals surface area (Å²) in [6.45, 7) is 5.34. The molecule has 0 spiro atoms. The first-order chi connectivity index (χ1) is 9.77. The monoisotopic (exact) mass is 309 g/mol. The minimum Gasteiger partial charge on any atom is -0.474 e. The smallest absolute Gasteiger partial charge is 0.218 e. The van der Waals surface area contributed by atoms with E-state index >= 15 is 0 Å². The highest BCUT2D eigenvalue weighted by Crippen LogP contribution is 2.29. The molecule has 0 fully saturated rings. The number of ketones is 1. The Bertz CT molecular complexity index is 632. The van der Waals surface area contributed by atoms with E-state index < -0.39 is 11.5 Å². The molecule has 0 saturated heterocycles. The van der Waals surface area contributed by atoms with Crippen molar-refractivity contribution in [3.8, 4) is 5.75 Å². The fourth-order valence-electron chi connectivity index (χ4n) is 1.65. The Morgan fingerprint density at radius 3 is 2.43 bits per heavy atom. The van der Waals surface area contributed by atoms with Gasteiger partial charge in [-0.25, -0.2) is 4.98 Å². The molecule has 2 rings (SSSR count). The summed E-state index contributed by atoms with van der Waals surface area (Å²) in [5.41, 5.74) is -0.641. The number of carbonyl (C=O) groups excluding carboxylic acids is 1. The minimum atomic E-state index is -1.00. The largest absolute Gasteiger partial charge is 0.474 e. The first-order valence-electron chi connectivity index (χ1n) is 6.35. The SMILES string of the molecule is CC(C)(C)C(=O)C(Oc1ccc(Cl)cc1)c1ncn(O)n1. The van der Waals surface area contributed by atoms with Gasteiger partial charge >= 0.3 is 0 Å². The zero-order valence-electron chi connectivity index (χ0n) is 11.9. The van der Waals surface area contributed by atoms with Crippen LogP contribution in [0.4, 0.5) is 0 Å². The second-order valence-electron chi connectivity index (χ2n) is 5.59. The van der Waals surface area contributed by atoms with Gasteiger partial charge in [-0.05, 0) is 24.3 Å². The van der Waals surface area contributed by atoms with Gasteiger partial charge in [0.25, 0.3) is 0 Å². The highest BCUT2D eigenvalue weighted by atomic mass is 35.5. The van der Waals surface area contributed by atoms with Crippen LogP contribution in [-0.4, -0.2) is 25.9 Å². The lowest BCUT2D eigenvalue weighted by molar-refractivity contribution is -0.134. The Balaban J connectivity index is 2.32. The normalized spacial score (nSPS) is 13.0. The van der Waals surface area contributed by atoms with E-state index in [1.165, 1.54) is 0 Å². The average molecular weight is 310 g/mol. The Morgan fingerprint density at radius 1 is 1.33 bits per heavy atom. The van der Waals surface area contributed by atoms with Gasteiger partial charge in [-0.1, -0.05) is 37.2 Å². The standard InChI is InChI=1S/C14H16ClN3O3/c1-14(2,3)12(19)11(13-16-8-18(20)17-13)21-10-6-4-9(15)5-7-10/h4-8,11,20H,1-3H3. The first kappa shape index (κ1) is 15.3. The number of rotatable bonds is 4. The third-order valence-electron chi connectivity index (χ3n) is 2.78. The molecule has 0 bridgehead atoms. The first-order valence-corrected chi connectivity index (χ1v) is 6.72. The molecule has 7 heteroatoms. The van der Waals surface area contributed by atoms with E-state index in [1.807, 2.05) is 0 Å². The molecule has 112 valence electrons. The summed E-state index contributed by atoms with van der Waals surface area (Å²) in [5.74, 6) is 0.382. The number of Topliss-reactive ketones (excluding diaryl/α,β-unsaturated/α-hetero) is 1. The third-order valence-corrected chi connectivity index (χ3v) is 3.03. The maximum Gasteiger partial charge on any atom is 0.218 e. The molecule has 1 N–H and O–H groups in total. The number of hydrogen-bond donors (Lipinski definition) is 1. The average Bonchev–Trinajstić information content (AvgIpc) is 2.83. The van der Waals surface area contributed by atoms with Crippen LogP contribution in [0.1, 0.15) is 32.7 Å². The fourth-order valence-corrected chi connectivity index (χ4v) is 1.78. The number of ether oxygens (including phenoxy) is 1. The molecule has 21 heavy (non-hydrogen) atoms. The van der Waals surface area contributed by atoms with Crippen molar-refractivity contribution in [1.82, 2.24) is 14.9 Å². The van der Waals surface area contributed by atoms with E-state index in [-0.39, 0.29) is 11.6 Å². The summed E-state index contributed by atoms with van der Waals surface area (Å²) in [6.07, 6.45) is 0.100. The van der Waals surface area contributed by atoms with Crippen molar-refractivity contribution < 1.29 is 14.7 Å². The van der Waals surface area contributed by atoms with E-state index in [9.17, 15) is 10.0 Å². The topological polar surface area (TPSA) is 77.2 Å². The number of halogens is 1. The third kappa shape index (κ3) is 3.72. The van der Waals surface area contributed by atoms with Crippen LogP contribution >= 0.6 is 11.6 Å². The zero-order valence-corrected chi connectivity index (χ0v) is 12.7. The lowest BCUT2D eigenvalue weighted by atomic mass is 9.87. The minimum absolute atomic E-state index is 0.104. The molecule has 0 aliphatic carbocycles. The van der Waals surface area contributed by atoms with Gasteiger partial charge in [0.1, 0.15) is 5.75 Å². The van der Waals surface area contributed by atoms with Crippen molar-refractivity contribution >= 4 is 17.4 Å². The van der Waals surface area contributed by atoms with Crippen LogP contribution in [0.3, 0.4) is 0 Å². The molecule has 1 aromatic heterocycles. The highest BCUT2D eigenvalue weighted by molar-refractivity contribution is 6.30. The van der Waals surface area contributed by atoms with Crippen LogP contribution in [0.5, 0.6) is 5.75 Å². The van der Waals surface area contributed by atoms with Crippen molar-refractivity contribution in [2.75, 3.05) is 0 Å². The van der Waals surface area contributed by atoms with Crippen molar-refractivity contribution in [2.45, 2.75) is 26.9 Å². The summed E-state index contributed by atoms with van der Waals surface area (Å²) in [7, 11) is 0. The molecular weight excluding hydrogens is 294 g/mol. The van der Waals surface area contributed by atoms with Crippen molar-refractivity contribution in [1.29, 1.82) is 0 Å². The summed E-state index contributed by atoms with van der Waals surface area (Å²) in [6, 6.07) is 6.63. The second-order valence-corrected chi connectivity index (χ2v) is 6.03. The highest BCUT2D eigenvalue weighted by Gasteiger charge is 2.35. The number of hydrogen-bond acceptors (Lipinski definition) is 5. The Hall–Kier alpha value is -2.08. The number of nitrogens with zero attached hydrogens (tertiary/aromatic N) is 3. The van der Waals surface area contributed by atoms with E-state index in [2.05, 4.69) is 10.1 Å². The number of benzene rings is 1. The molecule has 1 heterocycles. The van der Waals surface area contributed by atoms with Crippen LogP contribution < -0.4 is 4.74 Å². The van der Waals surface area contributed by atoms with Crippen LogP contribution in [-0.2, 0) is 4.79 Å². The number of carbonyl (C=O) groups is 1. The van der Waals surface area contributed by atoms with E-state index in [0.29, 0.717) is 15.6 Å². The molecule has 0 radical (unpaired) electrons. The molecule has 0 aliphatic heterocycles. The van der Waals surface area contributed by atoms with E-state index in [1.54, 1.807) is 45.0 Å². The predicted molar refractivity (Wildman–Crippen MR) is 76.5 cm³/mol. The predicted octanol–water partition coefficient (Wildman–Crippen LogP) is 2.90. The molecule has 0 aliphatic rings. The van der Waals surface area contributed by atoms with Crippen LogP contribution in [0.15, 0.2) is 30.6 Å². The van der Waals surface area contributed by atoms with Crippen LogP contribution in [0.25, 0.3) is 0 Å². The summed E-state index contributed by atoms with van der Waals surface area (Å²) >= 11 is 5.82. The van der Waals surface area contributed by atoms with Gasteiger partial charge in [-0.2, -0.15) is 0 Å². The molecule has 0 saturated carbocycles. The molecule has 0 amide bonds. The molecule has 1 unspecified atom stereocenters. The van der Waals surface area contributed by atoms with E-state index in [4.69, 9.17) is 16.3 Å². The van der Waals surface area contributed by atoms with Gasteiger partial charge in [-0.15, -0.1) is 5.10 Å². The zero-order chi connectivity index (χ0) is 15.6. The molecular formula is C14H16ClN3O3. The molecule has 6 nitrogen and oxygen atoms in total. The van der Waals surface area contributed by atoms with Crippen molar-refractivity contribution in [2.24, 2.45) is 5.41 Å². The van der Waals surface area contributed by atoms with Crippen molar-refractivity contribution in [3.05, 3.63) is 41.4 Å². The van der Waals surface area contributed by atoms with Crippen molar-refractivity contribution in [3.63, 3.8) is 0 Å². The summed E-state index contributed by atoms with van der Waals surface area (Å²) in [5, 5.41) is 13.6. The van der Waals surface area contributed by atoms with E-state index in [0.717, 1.165) is 6.33 Å². The van der Waals surface area contributed by atoms with Crippen LogP contribution in [0, 0.1) is 5.41 Å². The Morgan fingerprint density at radius 2 is 1.95 bits per heavy atom. The quantitative estimate of drug-likeness (QED) is 0.879. The molecule has 2 aromatic rings. The second kappa shape index (κ2) is 5.73. The van der Waals surface area contributed by atoms with Gasteiger partial charge < -0.3 is 9.94 Å². The van der Waals surface area contributed by atoms with Gasteiger partial charge in [0.2, 0.25) is 11.9 Å². The maximum atomic E-state index is 12.5. The lowest BCUT2D eigenvalue weighted by Crippen LogP contribution is -2.31. The fraction of sp³-hybridized carbons (Fsp3) is 0.357. The Kier molecular flexibility index (Phi) is 4.18. The van der Waals surface area contributed by atoms with Gasteiger partial charge in [0.05, 0.1) is 0 Å². The maximum absolute atomic E-state index is 12.5. The van der Waals surface area contributed by atoms with Gasteiger partial charge in [0, 0.05) is 10.4 Å². The summed E-state index contributed by atoms with van der Waals surface area (Å²) in [4.78, 5) is 17.0. The van der Waals surface area contributed by atoms with Gasteiger partial charge in [-0.3, -0.25) is 4.79 Å². The molecule has 1 atom stereocenters. The lowest BCUT2D eigenvalue weighted by Gasteiger charge is -2.23. The van der Waals surface area contributed by atoms with Gasteiger partial charge in [0.15, 0.2) is 12.1 Å².